The minimum atomic E-state index is -0.0761. The van der Waals surface area contributed by atoms with Gasteiger partial charge >= 0.3 is 0 Å². The van der Waals surface area contributed by atoms with Gasteiger partial charge in [-0.1, -0.05) is 48.5 Å². The normalized spacial score (nSPS) is 10.4. The molecule has 0 bridgehead atoms. The molecule has 0 saturated heterocycles. The van der Waals surface area contributed by atoms with Gasteiger partial charge in [-0.25, -0.2) is 0 Å². The number of benzene rings is 3. The summed E-state index contributed by atoms with van der Waals surface area (Å²) in [6.07, 6.45) is 0. The maximum Gasteiger partial charge on any atom is 0.251 e. The van der Waals surface area contributed by atoms with E-state index in [1.165, 1.54) is 4.90 Å². The van der Waals surface area contributed by atoms with E-state index in [0.717, 1.165) is 22.6 Å². The predicted molar refractivity (Wildman–Crippen MR) is 111 cm³/mol. The van der Waals surface area contributed by atoms with Gasteiger partial charge in [0.2, 0.25) is 0 Å². The molecule has 3 nitrogen and oxygen atoms in total. The lowest BCUT2D eigenvalue weighted by Gasteiger charge is -2.12. The minimum absolute atomic E-state index is 0.0761. The van der Waals surface area contributed by atoms with Crippen molar-refractivity contribution in [3.63, 3.8) is 0 Å². The van der Waals surface area contributed by atoms with Crippen molar-refractivity contribution in [2.45, 2.75) is 24.1 Å². The zero-order valence-electron chi connectivity index (χ0n) is 15.4. The third-order valence-corrected chi connectivity index (χ3v) is 5.12. The van der Waals surface area contributed by atoms with Gasteiger partial charge in [-0.05, 0) is 42.8 Å². The van der Waals surface area contributed by atoms with Crippen molar-refractivity contribution in [2.75, 3.05) is 6.61 Å². The first-order chi connectivity index (χ1) is 13.3. The number of carbonyl (C=O) groups excluding carboxylic acids is 1. The number of hydrogen-bond donors (Lipinski definition) is 1. The summed E-state index contributed by atoms with van der Waals surface area (Å²) in [5.41, 5.74) is 2.76. The second kappa shape index (κ2) is 9.83. The molecule has 0 aliphatic rings. The summed E-state index contributed by atoms with van der Waals surface area (Å²) in [6.45, 7) is 3.08. The number of carbonyl (C=O) groups is 1. The smallest absolute Gasteiger partial charge is 0.251 e. The Morgan fingerprint density at radius 3 is 2.37 bits per heavy atom. The van der Waals surface area contributed by atoms with Crippen molar-refractivity contribution in [3.8, 4) is 5.75 Å². The highest BCUT2D eigenvalue weighted by molar-refractivity contribution is 7.98. The number of amides is 1. The number of ether oxygens (including phenoxy) is 1. The van der Waals surface area contributed by atoms with E-state index < -0.39 is 0 Å². The summed E-state index contributed by atoms with van der Waals surface area (Å²) in [5, 5.41) is 2.98. The molecule has 0 radical (unpaired) electrons. The van der Waals surface area contributed by atoms with Gasteiger partial charge in [0.25, 0.3) is 5.91 Å². The number of nitrogens with one attached hydrogen (secondary N) is 1. The third kappa shape index (κ3) is 5.63. The summed E-state index contributed by atoms with van der Waals surface area (Å²) in [5.74, 6) is 1.51. The van der Waals surface area contributed by atoms with Crippen molar-refractivity contribution in [3.05, 3.63) is 95.6 Å². The summed E-state index contributed by atoms with van der Waals surface area (Å²) in [6, 6.07) is 25.8. The zero-order valence-corrected chi connectivity index (χ0v) is 16.2. The van der Waals surface area contributed by atoms with E-state index in [1.807, 2.05) is 73.7 Å². The van der Waals surface area contributed by atoms with Crippen LogP contribution in [0.1, 0.15) is 28.4 Å². The Hall–Kier alpha value is -2.72. The van der Waals surface area contributed by atoms with Crippen molar-refractivity contribution in [2.24, 2.45) is 0 Å². The monoisotopic (exact) mass is 377 g/mol. The van der Waals surface area contributed by atoms with Gasteiger partial charge in [-0.2, -0.15) is 0 Å². The van der Waals surface area contributed by atoms with E-state index in [0.29, 0.717) is 18.7 Å². The van der Waals surface area contributed by atoms with Gasteiger partial charge < -0.3 is 10.1 Å². The maximum atomic E-state index is 12.6. The fourth-order valence-electron chi connectivity index (χ4n) is 2.69. The van der Waals surface area contributed by atoms with Crippen LogP contribution in [0.15, 0.2) is 83.8 Å². The molecule has 0 atom stereocenters. The molecule has 0 aliphatic carbocycles. The highest BCUT2D eigenvalue weighted by atomic mass is 32.2. The Morgan fingerprint density at radius 1 is 0.963 bits per heavy atom. The van der Waals surface area contributed by atoms with Crippen molar-refractivity contribution in [1.82, 2.24) is 5.32 Å². The minimum Gasteiger partial charge on any atom is -0.494 e. The molecule has 3 aromatic carbocycles. The average molecular weight is 378 g/mol. The summed E-state index contributed by atoms with van der Waals surface area (Å²) in [7, 11) is 0. The molecule has 0 unspecified atom stereocenters. The van der Waals surface area contributed by atoms with Crippen molar-refractivity contribution in [1.29, 1.82) is 0 Å². The number of thioether (sulfide) groups is 1. The Labute approximate surface area is 164 Å². The molecule has 3 rings (SSSR count). The van der Waals surface area contributed by atoms with Gasteiger partial charge in [0.05, 0.1) is 6.61 Å². The molecule has 0 spiro atoms. The van der Waals surface area contributed by atoms with E-state index >= 15 is 0 Å². The van der Waals surface area contributed by atoms with E-state index in [4.69, 9.17) is 4.74 Å². The average Bonchev–Trinajstić information content (AvgIpc) is 2.73. The molecule has 0 fully saturated rings. The molecule has 1 amide bonds. The zero-order chi connectivity index (χ0) is 18.9. The van der Waals surface area contributed by atoms with E-state index in [1.54, 1.807) is 11.8 Å². The van der Waals surface area contributed by atoms with Gasteiger partial charge in [0.1, 0.15) is 5.75 Å². The highest BCUT2D eigenvalue weighted by Crippen LogP contribution is 2.29. The molecule has 3 aromatic rings. The molecule has 0 heterocycles. The molecule has 1 N–H and O–H groups in total. The van der Waals surface area contributed by atoms with Crippen LogP contribution in [0, 0.1) is 0 Å². The van der Waals surface area contributed by atoms with Crippen LogP contribution >= 0.6 is 11.8 Å². The van der Waals surface area contributed by atoms with Crippen LogP contribution in [-0.4, -0.2) is 12.5 Å². The fraction of sp³-hybridized carbons (Fsp3) is 0.174. The molecule has 4 heteroatoms. The lowest BCUT2D eigenvalue weighted by Crippen LogP contribution is -2.22. The Balaban J connectivity index is 1.70. The molecular weight excluding hydrogens is 354 g/mol. The second-order valence-electron chi connectivity index (χ2n) is 6.03. The fourth-order valence-corrected chi connectivity index (χ4v) is 3.59. The molecule has 138 valence electrons. The number of hydrogen-bond acceptors (Lipinski definition) is 3. The topological polar surface area (TPSA) is 38.3 Å². The molecule has 0 aliphatic heterocycles. The molecule has 27 heavy (non-hydrogen) atoms. The molecular formula is C23H23NO2S. The Morgan fingerprint density at radius 2 is 1.67 bits per heavy atom. The van der Waals surface area contributed by atoms with Gasteiger partial charge in [0.15, 0.2) is 0 Å². The van der Waals surface area contributed by atoms with Gasteiger partial charge in [0, 0.05) is 28.3 Å². The van der Waals surface area contributed by atoms with Crippen LogP contribution in [0.2, 0.25) is 0 Å². The van der Waals surface area contributed by atoms with E-state index in [-0.39, 0.29) is 5.91 Å². The standard InChI is InChI=1S/C23H23NO2S/c1-2-26-22-14-13-19(23(25)24-16-18-9-5-3-6-10-18)15-20(22)17-27-21-11-7-4-8-12-21/h3-15H,2,16-17H2,1H3,(H,24,25). The Kier molecular flexibility index (Phi) is 6.94. The summed E-state index contributed by atoms with van der Waals surface area (Å²) >= 11 is 1.73. The van der Waals surface area contributed by atoms with Crippen molar-refractivity contribution >= 4 is 17.7 Å². The van der Waals surface area contributed by atoms with Gasteiger partial charge in [-0.15, -0.1) is 11.8 Å². The lowest BCUT2D eigenvalue weighted by atomic mass is 10.1. The first-order valence-electron chi connectivity index (χ1n) is 9.02. The first kappa shape index (κ1) is 19.1. The lowest BCUT2D eigenvalue weighted by molar-refractivity contribution is 0.0951. The largest absolute Gasteiger partial charge is 0.494 e. The van der Waals surface area contributed by atoms with E-state index in [2.05, 4.69) is 17.4 Å². The van der Waals surface area contributed by atoms with Crippen LogP contribution in [0.5, 0.6) is 5.75 Å². The van der Waals surface area contributed by atoms with Crippen LogP contribution < -0.4 is 10.1 Å². The summed E-state index contributed by atoms with van der Waals surface area (Å²) < 4.78 is 5.74. The second-order valence-corrected chi connectivity index (χ2v) is 7.07. The van der Waals surface area contributed by atoms with E-state index in [9.17, 15) is 4.79 Å². The Bertz CT molecular complexity index is 866. The maximum absolute atomic E-state index is 12.6. The first-order valence-corrected chi connectivity index (χ1v) is 10.0. The van der Waals surface area contributed by atoms with Crippen LogP contribution in [-0.2, 0) is 12.3 Å². The van der Waals surface area contributed by atoms with Crippen LogP contribution in [0.4, 0.5) is 0 Å². The highest BCUT2D eigenvalue weighted by Gasteiger charge is 2.11. The van der Waals surface area contributed by atoms with Crippen molar-refractivity contribution < 1.29 is 9.53 Å². The summed E-state index contributed by atoms with van der Waals surface area (Å²) in [4.78, 5) is 13.7. The predicted octanol–water partition coefficient (Wildman–Crippen LogP) is 5.31. The molecule has 0 aromatic heterocycles. The van der Waals surface area contributed by atoms with Gasteiger partial charge in [-0.3, -0.25) is 4.79 Å². The third-order valence-electron chi connectivity index (χ3n) is 4.06. The SMILES string of the molecule is CCOc1ccc(C(=O)NCc2ccccc2)cc1CSc1ccccc1. The van der Waals surface area contributed by atoms with Crippen LogP contribution in [0.25, 0.3) is 0 Å². The molecule has 0 saturated carbocycles. The quantitative estimate of drug-likeness (QED) is 0.541. The van der Waals surface area contributed by atoms with Crippen LogP contribution in [0.3, 0.4) is 0 Å². The number of rotatable bonds is 8.